The molecule has 1 aromatic heterocycles. The molecular formula is C20H31N5O3. The quantitative estimate of drug-likeness (QED) is 0.816. The van der Waals surface area contributed by atoms with Crippen LogP contribution in [0.4, 0.5) is 10.6 Å². The summed E-state index contributed by atoms with van der Waals surface area (Å²) in [6.07, 6.45) is 10.6. The molecule has 3 heterocycles. The van der Waals surface area contributed by atoms with E-state index in [-0.39, 0.29) is 29.1 Å². The summed E-state index contributed by atoms with van der Waals surface area (Å²) in [6.45, 7) is 3.01. The van der Waals surface area contributed by atoms with Gasteiger partial charge in [0.2, 0.25) is 0 Å². The van der Waals surface area contributed by atoms with Crippen LogP contribution in [-0.4, -0.2) is 54.0 Å². The molecule has 1 spiro atoms. The average Bonchev–Trinajstić information content (AvgIpc) is 3.06. The van der Waals surface area contributed by atoms with Crippen molar-refractivity contribution in [3.63, 3.8) is 0 Å². The molecule has 0 radical (unpaired) electrons. The van der Waals surface area contributed by atoms with Crippen molar-refractivity contribution in [3.05, 3.63) is 22.7 Å². The van der Waals surface area contributed by atoms with Crippen molar-refractivity contribution in [2.24, 2.45) is 12.5 Å². The number of aryl methyl sites for hydroxylation is 1. The molecule has 4 rings (SSSR count). The van der Waals surface area contributed by atoms with Crippen LogP contribution in [0.3, 0.4) is 0 Å². The van der Waals surface area contributed by atoms with E-state index < -0.39 is 0 Å². The van der Waals surface area contributed by atoms with Gasteiger partial charge in [-0.3, -0.25) is 4.79 Å². The molecule has 1 aliphatic carbocycles. The summed E-state index contributed by atoms with van der Waals surface area (Å²) < 4.78 is 7.08. The summed E-state index contributed by atoms with van der Waals surface area (Å²) in [5.74, 6) is 0.467. The summed E-state index contributed by atoms with van der Waals surface area (Å²) in [7, 11) is 1.73. The Hall–Kier alpha value is -2.09. The Labute approximate surface area is 165 Å². The zero-order valence-corrected chi connectivity index (χ0v) is 16.7. The number of aromatic nitrogens is 2. The lowest BCUT2D eigenvalue weighted by Crippen LogP contribution is -2.55. The highest BCUT2D eigenvalue weighted by Crippen LogP contribution is 2.45. The lowest BCUT2D eigenvalue weighted by molar-refractivity contribution is 0.00618. The van der Waals surface area contributed by atoms with Crippen LogP contribution < -0.4 is 21.1 Å². The predicted octanol–water partition coefficient (Wildman–Crippen LogP) is 1.40. The minimum atomic E-state index is -0.0972. The maximum absolute atomic E-state index is 12.7. The van der Waals surface area contributed by atoms with Crippen LogP contribution in [0.15, 0.2) is 17.2 Å². The molecule has 8 heteroatoms. The first-order chi connectivity index (χ1) is 13.6. The van der Waals surface area contributed by atoms with Gasteiger partial charge in [-0.05, 0) is 43.9 Å². The standard InChI is InChI=1S/C20H31N5O3/c1-24-11-9-21-17(18(24)26)25-10-3-4-15(14-25)22-19(27)23-16-5-2-6-20(16)7-12-28-13-8-20/h9,11,15-16H,2-8,10,12-14H2,1H3,(H2,22,23,27). The van der Waals surface area contributed by atoms with Gasteiger partial charge in [0, 0.05) is 57.8 Å². The van der Waals surface area contributed by atoms with Gasteiger partial charge in [-0.15, -0.1) is 0 Å². The lowest BCUT2D eigenvalue weighted by Gasteiger charge is -2.39. The van der Waals surface area contributed by atoms with Gasteiger partial charge < -0.3 is 24.8 Å². The number of carbonyl (C=O) groups excluding carboxylic acids is 1. The normalized spacial score (nSPS) is 27.0. The topological polar surface area (TPSA) is 88.5 Å². The SMILES string of the molecule is Cn1ccnc(N2CCCC(NC(=O)NC3CCCC34CCOCC4)C2)c1=O. The second-order valence-corrected chi connectivity index (χ2v) is 8.49. The number of anilines is 1. The number of urea groups is 1. The molecule has 28 heavy (non-hydrogen) atoms. The first kappa shape index (κ1) is 19.2. The molecule has 3 aliphatic rings. The molecule has 1 saturated carbocycles. The molecule has 0 aromatic carbocycles. The van der Waals surface area contributed by atoms with Crippen LogP contribution in [-0.2, 0) is 11.8 Å². The molecule has 2 atom stereocenters. The van der Waals surface area contributed by atoms with Gasteiger partial charge >= 0.3 is 6.03 Å². The smallest absolute Gasteiger partial charge is 0.315 e. The van der Waals surface area contributed by atoms with E-state index in [4.69, 9.17) is 4.74 Å². The average molecular weight is 390 g/mol. The van der Waals surface area contributed by atoms with E-state index in [2.05, 4.69) is 15.6 Å². The Morgan fingerprint density at radius 2 is 2.04 bits per heavy atom. The number of hydrogen-bond acceptors (Lipinski definition) is 5. The Bertz CT molecular complexity index is 758. The largest absolute Gasteiger partial charge is 0.381 e. The van der Waals surface area contributed by atoms with E-state index in [1.807, 2.05) is 4.90 Å². The molecule has 0 bridgehead atoms. The van der Waals surface area contributed by atoms with E-state index in [1.54, 1.807) is 24.0 Å². The fourth-order valence-electron chi connectivity index (χ4n) is 5.11. The number of carbonyl (C=O) groups is 1. The highest BCUT2D eigenvalue weighted by atomic mass is 16.5. The highest BCUT2D eigenvalue weighted by molar-refractivity contribution is 5.75. The second-order valence-electron chi connectivity index (χ2n) is 8.49. The zero-order valence-electron chi connectivity index (χ0n) is 16.7. The molecule has 2 saturated heterocycles. The predicted molar refractivity (Wildman–Crippen MR) is 107 cm³/mol. The summed E-state index contributed by atoms with van der Waals surface area (Å²) in [6, 6.07) is 0.172. The number of piperidine rings is 1. The number of nitrogens with zero attached hydrogens (tertiary/aromatic N) is 3. The van der Waals surface area contributed by atoms with Gasteiger partial charge in [-0.1, -0.05) is 6.42 Å². The van der Waals surface area contributed by atoms with Crippen LogP contribution in [0.5, 0.6) is 0 Å². The van der Waals surface area contributed by atoms with Crippen LogP contribution in [0.2, 0.25) is 0 Å². The molecule has 2 unspecified atom stereocenters. The minimum Gasteiger partial charge on any atom is -0.381 e. The van der Waals surface area contributed by atoms with Crippen molar-refractivity contribution in [3.8, 4) is 0 Å². The van der Waals surface area contributed by atoms with Crippen molar-refractivity contribution in [1.82, 2.24) is 20.2 Å². The van der Waals surface area contributed by atoms with Crippen LogP contribution >= 0.6 is 0 Å². The third-order valence-electron chi connectivity index (χ3n) is 6.76. The van der Waals surface area contributed by atoms with Crippen molar-refractivity contribution in [2.45, 2.75) is 57.0 Å². The van der Waals surface area contributed by atoms with E-state index in [0.717, 1.165) is 51.9 Å². The van der Waals surface area contributed by atoms with Crippen LogP contribution in [0.25, 0.3) is 0 Å². The number of rotatable bonds is 3. The first-order valence-electron chi connectivity index (χ1n) is 10.5. The van der Waals surface area contributed by atoms with Gasteiger partial charge in [0.05, 0.1) is 0 Å². The van der Waals surface area contributed by atoms with Crippen molar-refractivity contribution in [1.29, 1.82) is 0 Å². The van der Waals surface area contributed by atoms with Gasteiger partial charge in [-0.2, -0.15) is 0 Å². The van der Waals surface area contributed by atoms with Crippen LogP contribution in [0.1, 0.15) is 44.9 Å². The molecular weight excluding hydrogens is 358 g/mol. The third-order valence-corrected chi connectivity index (χ3v) is 6.76. The molecule has 2 amide bonds. The van der Waals surface area contributed by atoms with Gasteiger partial charge in [0.25, 0.3) is 5.56 Å². The Morgan fingerprint density at radius 3 is 2.86 bits per heavy atom. The summed E-state index contributed by atoms with van der Waals surface area (Å²) >= 11 is 0. The number of amides is 2. The van der Waals surface area contributed by atoms with Gasteiger partial charge in [-0.25, -0.2) is 9.78 Å². The minimum absolute atomic E-state index is 0.0208. The summed E-state index contributed by atoms with van der Waals surface area (Å²) in [5.41, 5.74) is 0.119. The Kier molecular flexibility index (Phi) is 5.57. The molecule has 3 fully saturated rings. The number of hydrogen-bond donors (Lipinski definition) is 2. The number of ether oxygens (including phenoxy) is 1. The lowest BCUT2D eigenvalue weighted by atomic mass is 9.75. The fourth-order valence-corrected chi connectivity index (χ4v) is 5.11. The number of nitrogens with one attached hydrogen (secondary N) is 2. The van der Waals surface area contributed by atoms with Gasteiger partial charge in [0.15, 0.2) is 5.82 Å². The van der Waals surface area contributed by atoms with Crippen molar-refractivity contribution < 1.29 is 9.53 Å². The van der Waals surface area contributed by atoms with E-state index in [0.29, 0.717) is 12.4 Å². The van der Waals surface area contributed by atoms with E-state index >= 15 is 0 Å². The monoisotopic (exact) mass is 389 g/mol. The summed E-state index contributed by atoms with van der Waals surface area (Å²) in [5, 5.41) is 6.40. The molecule has 2 N–H and O–H groups in total. The second kappa shape index (κ2) is 8.11. The van der Waals surface area contributed by atoms with E-state index in [9.17, 15) is 9.59 Å². The molecule has 8 nitrogen and oxygen atoms in total. The third kappa shape index (κ3) is 3.87. The van der Waals surface area contributed by atoms with Crippen LogP contribution in [0, 0.1) is 5.41 Å². The molecule has 2 aliphatic heterocycles. The highest BCUT2D eigenvalue weighted by Gasteiger charge is 2.44. The zero-order chi connectivity index (χ0) is 19.6. The maximum atomic E-state index is 12.7. The fraction of sp³-hybridized carbons (Fsp3) is 0.750. The Balaban J connectivity index is 1.35. The Morgan fingerprint density at radius 1 is 1.21 bits per heavy atom. The van der Waals surface area contributed by atoms with Crippen molar-refractivity contribution in [2.75, 3.05) is 31.2 Å². The van der Waals surface area contributed by atoms with Gasteiger partial charge in [0.1, 0.15) is 0 Å². The maximum Gasteiger partial charge on any atom is 0.315 e. The molecule has 1 aromatic rings. The molecule has 154 valence electrons. The van der Waals surface area contributed by atoms with E-state index in [1.165, 1.54) is 12.8 Å². The van der Waals surface area contributed by atoms with Crippen molar-refractivity contribution >= 4 is 11.8 Å². The summed E-state index contributed by atoms with van der Waals surface area (Å²) in [4.78, 5) is 31.3. The first-order valence-corrected chi connectivity index (χ1v) is 10.5.